The highest BCUT2D eigenvalue weighted by Crippen LogP contribution is 2.39. The lowest BCUT2D eigenvalue weighted by molar-refractivity contribution is 0.118. The predicted molar refractivity (Wildman–Crippen MR) is 60.3 cm³/mol. The lowest BCUT2D eigenvalue weighted by Gasteiger charge is -2.42. The lowest BCUT2D eigenvalue weighted by atomic mass is 9.74. The van der Waals surface area contributed by atoms with Gasteiger partial charge in [-0.15, -0.1) is 0 Å². The van der Waals surface area contributed by atoms with Crippen LogP contribution in [0.1, 0.15) is 39.0 Å². The van der Waals surface area contributed by atoms with Crippen LogP contribution in [0.3, 0.4) is 0 Å². The van der Waals surface area contributed by atoms with E-state index >= 15 is 0 Å². The molecule has 12 heavy (non-hydrogen) atoms. The van der Waals surface area contributed by atoms with E-state index in [2.05, 4.69) is 32.9 Å². The van der Waals surface area contributed by atoms with Gasteiger partial charge in [0.1, 0.15) is 0 Å². The molecular weight excluding hydrogens is 261 g/mol. The molecule has 1 nitrogen and oxygen atoms in total. The molecular formula is C10H18IN. The van der Waals surface area contributed by atoms with Gasteiger partial charge in [0, 0.05) is 35.5 Å². The number of hydrogen-bond donors (Lipinski definition) is 0. The van der Waals surface area contributed by atoms with E-state index in [1.165, 1.54) is 38.6 Å². The quantitative estimate of drug-likeness (QED) is 0.486. The highest BCUT2D eigenvalue weighted by molar-refractivity contribution is 14.1. The molecule has 2 heteroatoms. The minimum atomic E-state index is 0.824. The monoisotopic (exact) mass is 279 g/mol. The van der Waals surface area contributed by atoms with Crippen LogP contribution in [0.15, 0.2) is 0 Å². The molecule has 1 saturated heterocycles. The summed E-state index contributed by atoms with van der Waals surface area (Å²) in [6, 6.07) is 0.824. The highest BCUT2D eigenvalue weighted by atomic mass is 127. The first kappa shape index (κ1) is 9.25. The minimum Gasteiger partial charge on any atom is -0.244 e. The summed E-state index contributed by atoms with van der Waals surface area (Å²) < 4.78 is 2.52. The average Bonchev–Trinajstić information content (AvgIpc) is 2.07. The Morgan fingerprint density at radius 2 is 1.83 bits per heavy atom. The van der Waals surface area contributed by atoms with Gasteiger partial charge >= 0.3 is 0 Å². The van der Waals surface area contributed by atoms with Crippen LogP contribution in [0.4, 0.5) is 0 Å². The van der Waals surface area contributed by atoms with Gasteiger partial charge in [-0.25, -0.2) is 3.11 Å². The summed E-state index contributed by atoms with van der Waals surface area (Å²) in [5, 5.41) is 0. The van der Waals surface area contributed by atoms with Crippen LogP contribution in [0.5, 0.6) is 0 Å². The highest BCUT2D eigenvalue weighted by Gasteiger charge is 2.33. The summed E-state index contributed by atoms with van der Waals surface area (Å²) in [4.78, 5) is 0. The molecule has 0 amide bonds. The van der Waals surface area contributed by atoms with Crippen molar-refractivity contribution in [3.05, 3.63) is 0 Å². The second-order valence-corrected chi connectivity index (χ2v) is 5.71. The van der Waals surface area contributed by atoms with Crippen LogP contribution in [-0.2, 0) is 0 Å². The Labute approximate surface area is 89.4 Å². The third-order valence-corrected chi connectivity index (χ3v) is 4.94. The van der Waals surface area contributed by atoms with Gasteiger partial charge < -0.3 is 0 Å². The average molecular weight is 279 g/mol. The molecule has 1 aliphatic carbocycles. The Bertz CT molecular complexity index is 142. The Hall–Kier alpha value is 0.690. The van der Waals surface area contributed by atoms with Gasteiger partial charge in [0.2, 0.25) is 0 Å². The van der Waals surface area contributed by atoms with Crippen molar-refractivity contribution in [2.24, 2.45) is 11.8 Å². The summed E-state index contributed by atoms with van der Waals surface area (Å²) in [6.45, 7) is 3.73. The molecule has 0 aromatic carbocycles. The largest absolute Gasteiger partial charge is 0.244 e. The maximum atomic E-state index is 2.52. The summed E-state index contributed by atoms with van der Waals surface area (Å²) in [5.74, 6) is 2.10. The number of fused-ring (bicyclic) bond motifs is 1. The zero-order chi connectivity index (χ0) is 8.55. The van der Waals surface area contributed by atoms with Crippen molar-refractivity contribution in [3.8, 4) is 0 Å². The maximum absolute atomic E-state index is 2.52. The zero-order valence-corrected chi connectivity index (χ0v) is 9.96. The summed E-state index contributed by atoms with van der Waals surface area (Å²) in [6.07, 6.45) is 7.44. The van der Waals surface area contributed by atoms with Crippen molar-refractivity contribution >= 4 is 22.9 Å². The maximum Gasteiger partial charge on any atom is 0.0204 e. The topological polar surface area (TPSA) is 3.24 Å². The van der Waals surface area contributed by atoms with Crippen LogP contribution in [0.25, 0.3) is 0 Å². The number of piperidine rings is 1. The van der Waals surface area contributed by atoms with Crippen LogP contribution >= 0.6 is 22.9 Å². The molecule has 2 rings (SSSR count). The summed E-state index contributed by atoms with van der Waals surface area (Å²) >= 11 is 2.51. The van der Waals surface area contributed by atoms with Gasteiger partial charge in [-0.05, 0) is 31.6 Å². The van der Waals surface area contributed by atoms with Crippen LogP contribution in [-0.4, -0.2) is 15.7 Å². The van der Waals surface area contributed by atoms with Crippen molar-refractivity contribution < 1.29 is 0 Å². The van der Waals surface area contributed by atoms with Crippen molar-refractivity contribution in [2.45, 2.75) is 45.1 Å². The van der Waals surface area contributed by atoms with E-state index in [1.807, 2.05) is 0 Å². The van der Waals surface area contributed by atoms with Crippen LogP contribution in [0.2, 0.25) is 0 Å². The smallest absolute Gasteiger partial charge is 0.0204 e. The first-order chi connectivity index (χ1) is 5.77. The van der Waals surface area contributed by atoms with Crippen LogP contribution in [0, 0.1) is 11.8 Å². The van der Waals surface area contributed by atoms with E-state index in [0.717, 1.165) is 17.9 Å². The third kappa shape index (κ3) is 1.79. The molecule has 0 aromatic rings. The Balaban J connectivity index is 1.98. The molecule has 0 N–H and O–H groups in total. The molecule has 2 aliphatic rings. The summed E-state index contributed by atoms with van der Waals surface area (Å²) in [5.41, 5.74) is 0. The van der Waals surface area contributed by atoms with Gasteiger partial charge in [-0.1, -0.05) is 19.3 Å². The molecule has 1 saturated carbocycles. The van der Waals surface area contributed by atoms with E-state index in [-0.39, 0.29) is 0 Å². The molecule has 70 valence electrons. The van der Waals surface area contributed by atoms with Crippen molar-refractivity contribution in [1.82, 2.24) is 3.11 Å². The van der Waals surface area contributed by atoms with Gasteiger partial charge in [0.15, 0.2) is 0 Å². The Morgan fingerprint density at radius 3 is 2.58 bits per heavy atom. The molecule has 1 heterocycles. The number of halogens is 1. The Kier molecular flexibility index (Phi) is 2.95. The molecule has 1 unspecified atom stereocenters. The SMILES string of the molecule is CC1C[C@@H]2CCCC[C@@H]2CN1I. The molecule has 0 radical (unpaired) electrons. The van der Waals surface area contributed by atoms with E-state index in [4.69, 9.17) is 0 Å². The van der Waals surface area contributed by atoms with E-state index < -0.39 is 0 Å². The first-order valence-electron chi connectivity index (χ1n) is 5.20. The lowest BCUT2D eigenvalue weighted by Crippen LogP contribution is -2.41. The zero-order valence-electron chi connectivity index (χ0n) is 7.80. The molecule has 0 bridgehead atoms. The fourth-order valence-electron chi connectivity index (χ4n) is 2.79. The van der Waals surface area contributed by atoms with E-state index in [1.54, 1.807) is 0 Å². The van der Waals surface area contributed by atoms with Crippen molar-refractivity contribution in [3.63, 3.8) is 0 Å². The molecule has 0 spiro atoms. The number of hydrogen-bond acceptors (Lipinski definition) is 1. The van der Waals surface area contributed by atoms with Gasteiger partial charge in [-0.2, -0.15) is 0 Å². The number of rotatable bonds is 0. The van der Waals surface area contributed by atoms with Gasteiger partial charge in [0.05, 0.1) is 0 Å². The second-order valence-electron chi connectivity index (χ2n) is 4.47. The number of nitrogens with zero attached hydrogens (tertiary/aromatic N) is 1. The molecule has 3 atom stereocenters. The van der Waals surface area contributed by atoms with Gasteiger partial charge in [0.25, 0.3) is 0 Å². The Morgan fingerprint density at radius 1 is 1.17 bits per heavy atom. The first-order valence-corrected chi connectivity index (χ1v) is 6.16. The van der Waals surface area contributed by atoms with E-state index in [0.29, 0.717) is 0 Å². The predicted octanol–water partition coefficient (Wildman–Crippen LogP) is 3.24. The van der Waals surface area contributed by atoms with Crippen LogP contribution < -0.4 is 0 Å². The van der Waals surface area contributed by atoms with Gasteiger partial charge in [-0.3, -0.25) is 0 Å². The van der Waals surface area contributed by atoms with Crippen molar-refractivity contribution in [1.29, 1.82) is 0 Å². The minimum absolute atomic E-state index is 0.824. The molecule has 2 fully saturated rings. The summed E-state index contributed by atoms with van der Waals surface area (Å²) in [7, 11) is 0. The molecule has 0 aromatic heterocycles. The standard InChI is InChI=1S/C10H18IN/c1-8-6-9-4-2-3-5-10(9)7-12(8)11/h8-10H,2-7H2,1H3/t8?,9-,10+/m0/s1. The van der Waals surface area contributed by atoms with Crippen molar-refractivity contribution in [2.75, 3.05) is 6.54 Å². The third-order valence-electron chi connectivity index (χ3n) is 3.60. The fourth-order valence-corrected chi connectivity index (χ4v) is 3.52. The van der Waals surface area contributed by atoms with E-state index in [9.17, 15) is 0 Å². The normalized spacial score (nSPS) is 44.0. The fraction of sp³-hybridized carbons (Fsp3) is 1.00. The second kappa shape index (κ2) is 3.82. The molecule has 1 aliphatic heterocycles.